The van der Waals surface area contributed by atoms with Crippen molar-refractivity contribution in [2.75, 3.05) is 5.73 Å². The number of phenolic OH excluding ortho intramolecular Hbond substituents is 1. The highest BCUT2D eigenvalue weighted by Gasteiger charge is 2.47. The number of nitrogens with two attached hydrogens (primary N) is 1. The second kappa shape index (κ2) is 5.82. The van der Waals surface area contributed by atoms with Crippen LogP contribution in [0, 0.1) is 5.92 Å². The van der Waals surface area contributed by atoms with E-state index in [9.17, 15) is 10.2 Å². The third-order valence-corrected chi connectivity index (χ3v) is 6.15. The number of rotatable bonds is 2. The van der Waals surface area contributed by atoms with Gasteiger partial charge in [-0.05, 0) is 85.4 Å². The highest BCUT2D eigenvalue weighted by Crippen LogP contribution is 2.52. The van der Waals surface area contributed by atoms with Gasteiger partial charge in [-0.3, -0.25) is 0 Å². The van der Waals surface area contributed by atoms with Gasteiger partial charge in [-0.25, -0.2) is 0 Å². The maximum absolute atomic E-state index is 10.2. The molecule has 1 saturated carbocycles. The summed E-state index contributed by atoms with van der Waals surface area (Å²) in [7, 11) is 0. The summed E-state index contributed by atoms with van der Waals surface area (Å²) in [6.45, 7) is 0. The molecule has 2 aliphatic rings. The SMILES string of the molecule is Nc1ccc(C[C@@]23CC[C@@H](O)C[C@H]2CCc2cc(O)ccc23)cc1. The quantitative estimate of drug-likeness (QED) is 0.740. The first-order valence-corrected chi connectivity index (χ1v) is 8.92. The number of aliphatic hydroxyl groups is 1. The zero-order chi connectivity index (χ0) is 16.7. The lowest BCUT2D eigenvalue weighted by Crippen LogP contribution is -2.46. The minimum absolute atomic E-state index is 0.0661. The van der Waals surface area contributed by atoms with Gasteiger partial charge in [0.05, 0.1) is 6.10 Å². The van der Waals surface area contributed by atoms with Gasteiger partial charge in [-0.1, -0.05) is 18.2 Å². The maximum atomic E-state index is 10.2. The normalized spacial score (nSPS) is 28.9. The van der Waals surface area contributed by atoms with Crippen LogP contribution < -0.4 is 5.73 Å². The van der Waals surface area contributed by atoms with Crippen LogP contribution in [0.5, 0.6) is 5.75 Å². The number of nitrogen functional groups attached to an aromatic ring is 1. The summed E-state index contributed by atoms with van der Waals surface area (Å²) in [6, 6.07) is 14.1. The van der Waals surface area contributed by atoms with Crippen molar-refractivity contribution in [3.63, 3.8) is 0 Å². The summed E-state index contributed by atoms with van der Waals surface area (Å²) in [5.41, 5.74) is 10.6. The fourth-order valence-corrected chi connectivity index (χ4v) is 4.98. The van der Waals surface area contributed by atoms with Crippen LogP contribution in [0.1, 0.15) is 42.4 Å². The average Bonchev–Trinajstić information content (AvgIpc) is 2.57. The van der Waals surface area contributed by atoms with Gasteiger partial charge in [0, 0.05) is 11.1 Å². The van der Waals surface area contributed by atoms with Crippen LogP contribution in [0.25, 0.3) is 0 Å². The average molecular weight is 323 g/mol. The minimum atomic E-state index is -0.173. The van der Waals surface area contributed by atoms with Crippen LogP contribution in [-0.4, -0.2) is 16.3 Å². The first-order chi connectivity index (χ1) is 11.6. The third-order valence-electron chi connectivity index (χ3n) is 6.15. The number of fused-ring (bicyclic) bond motifs is 3. The van der Waals surface area contributed by atoms with Gasteiger partial charge in [0.2, 0.25) is 0 Å². The summed E-state index contributed by atoms with van der Waals surface area (Å²) in [5.74, 6) is 0.849. The van der Waals surface area contributed by atoms with Gasteiger partial charge in [-0.15, -0.1) is 0 Å². The van der Waals surface area contributed by atoms with E-state index in [1.165, 1.54) is 16.7 Å². The van der Waals surface area contributed by atoms with Gasteiger partial charge in [-0.2, -0.15) is 0 Å². The minimum Gasteiger partial charge on any atom is -0.508 e. The third kappa shape index (κ3) is 2.57. The molecular formula is C21H25NO2. The highest BCUT2D eigenvalue weighted by atomic mass is 16.3. The van der Waals surface area contributed by atoms with Crippen LogP contribution in [0.15, 0.2) is 42.5 Å². The smallest absolute Gasteiger partial charge is 0.115 e. The van der Waals surface area contributed by atoms with Crippen molar-refractivity contribution in [1.82, 2.24) is 0 Å². The van der Waals surface area contributed by atoms with Crippen molar-refractivity contribution in [2.24, 2.45) is 5.92 Å². The Morgan fingerprint density at radius 2 is 1.88 bits per heavy atom. The Bertz CT molecular complexity index is 740. The predicted molar refractivity (Wildman–Crippen MR) is 96.0 cm³/mol. The Hall–Kier alpha value is -2.00. The Balaban J connectivity index is 1.79. The van der Waals surface area contributed by atoms with Crippen molar-refractivity contribution in [3.8, 4) is 5.75 Å². The highest BCUT2D eigenvalue weighted by molar-refractivity contribution is 5.45. The van der Waals surface area contributed by atoms with E-state index in [1.54, 1.807) is 0 Å². The van der Waals surface area contributed by atoms with E-state index in [4.69, 9.17) is 5.73 Å². The van der Waals surface area contributed by atoms with E-state index in [1.807, 2.05) is 24.3 Å². The van der Waals surface area contributed by atoms with Crippen molar-refractivity contribution in [1.29, 1.82) is 0 Å². The molecule has 0 aromatic heterocycles. The molecule has 3 heteroatoms. The molecule has 2 aliphatic carbocycles. The number of anilines is 1. The molecule has 24 heavy (non-hydrogen) atoms. The fourth-order valence-electron chi connectivity index (χ4n) is 4.98. The Kier molecular flexibility index (Phi) is 3.76. The van der Waals surface area contributed by atoms with E-state index >= 15 is 0 Å². The van der Waals surface area contributed by atoms with E-state index in [0.29, 0.717) is 11.7 Å². The van der Waals surface area contributed by atoms with E-state index in [-0.39, 0.29) is 11.5 Å². The number of aliphatic hydroxyl groups excluding tert-OH is 1. The number of aromatic hydroxyl groups is 1. The van der Waals surface area contributed by atoms with Gasteiger partial charge in [0.1, 0.15) is 5.75 Å². The second-order valence-electron chi connectivity index (χ2n) is 7.58. The van der Waals surface area contributed by atoms with Crippen LogP contribution >= 0.6 is 0 Å². The lowest BCUT2D eigenvalue weighted by Gasteiger charge is -2.50. The summed E-state index contributed by atoms with van der Waals surface area (Å²) in [4.78, 5) is 0. The van der Waals surface area contributed by atoms with Gasteiger partial charge >= 0.3 is 0 Å². The zero-order valence-corrected chi connectivity index (χ0v) is 13.9. The Morgan fingerprint density at radius 1 is 1.08 bits per heavy atom. The number of phenols is 1. The Morgan fingerprint density at radius 3 is 2.67 bits per heavy atom. The molecule has 0 bridgehead atoms. The maximum Gasteiger partial charge on any atom is 0.115 e. The van der Waals surface area contributed by atoms with Crippen molar-refractivity contribution >= 4 is 5.69 Å². The standard InChI is InChI=1S/C21H25NO2/c22-17-5-1-14(2-6-17)13-21-10-9-19(24)12-16(21)4-3-15-11-18(23)7-8-20(15)21/h1-2,5-8,11,16,19,23-24H,3-4,9-10,12-13,22H2/t16-,19-,21+/m1/s1. The molecule has 1 fully saturated rings. The van der Waals surface area contributed by atoms with Gasteiger partial charge in [0.15, 0.2) is 0 Å². The van der Waals surface area contributed by atoms with Crippen molar-refractivity contribution < 1.29 is 10.2 Å². The van der Waals surface area contributed by atoms with Gasteiger partial charge < -0.3 is 15.9 Å². The lowest BCUT2D eigenvalue weighted by molar-refractivity contribution is 0.0405. The molecule has 2 aromatic carbocycles. The van der Waals surface area contributed by atoms with Crippen LogP contribution in [0.4, 0.5) is 5.69 Å². The molecule has 0 heterocycles. The summed E-state index contributed by atoms with van der Waals surface area (Å²) in [6.07, 6.45) is 5.62. The largest absolute Gasteiger partial charge is 0.508 e. The molecule has 0 unspecified atom stereocenters. The molecule has 0 amide bonds. The predicted octanol–water partition coefficient (Wildman–Crippen LogP) is 3.56. The number of benzene rings is 2. The zero-order valence-electron chi connectivity index (χ0n) is 13.9. The topological polar surface area (TPSA) is 66.5 Å². The molecule has 4 N–H and O–H groups in total. The van der Waals surface area contributed by atoms with Gasteiger partial charge in [0.25, 0.3) is 0 Å². The first-order valence-electron chi connectivity index (χ1n) is 8.92. The molecule has 126 valence electrons. The van der Waals surface area contributed by atoms with Crippen molar-refractivity contribution in [2.45, 2.75) is 50.0 Å². The molecule has 2 aromatic rings. The lowest BCUT2D eigenvalue weighted by atomic mass is 9.54. The summed E-state index contributed by atoms with van der Waals surface area (Å²) in [5, 5.41) is 20.1. The molecule has 0 aliphatic heterocycles. The molecule has 0 saturated heterocycles. The van der Waals surface area contributed by atoms with Crippen molar-refractivity contribution in [3.05, 3.63) is 59.2 Å². The second-order valence-corrected chi connectivity index (χ2v) is 7.58. The summed E-state index contributed by atoms with van der Waals surface area (Å²) < 4.78 is 0. The molecular weight excluding hydrogens is 298 g/mol. The van der Waals surface area contributed by atoms with E-state index < -0.39 is 0 Å². The van der Waals surface area contributed by atoms with Crippen LogP contribution in [0.3, 0.4) is 0 Å². The Labute approximate surface area is 143 Å². The molecule has 3 nitrogen and oxygen atoms in total. The fraction of sp³-hybridized carbons (Fsp3) is 0.429. The molecule has 3 atom stereocenters. The molecule has 0 spiro atoms. The van der Waals surface area contributed by atoms with E-state index in [2.05, 4.69) is 18.2 Å². The van der Waals surface area contributed by atoms with Crippen LogP contribution in [0.2, 0.25) is 0 Å². The molecule has 4 rings (SSSR count). The first kappa shape index (κ1) is 15.5. The summed E-state index contributed by atoms with van der Waals surface area (Å²) >= 11 is 0. The number of aryl methyl sites for hydroxylation is 1. The number of hydrogen-bond donors (Lipinski definition) is 3. The molecule has 0 radical (unpaired) electrons. The monoisotopic (exact) mass is 323 g/mol. The van der Waals surface area contributed by atoms with E-state index in [0.717, 1.165) is 44.2 Å². The number of hydrogen-bond acceptors (Lipinski definition) is 3. The van der Waals surface area contributed by atoms with Crippen LogP contribution in [-0.2, 0) is 18.3 Å².